The number of hydrogen-bond acceptors (Lipinski definition) is 1. The van der Waals surface area contributed by atoms with Crippen LogP contribution in [0.3, 0.4) is 0 Å². The van der Waals surface area contributed by atoms with Gasteiger partial charge >= 0.3 is 0 Å². The molecule has 0 amide bonds. The molecule has 1 aliphatic carbocycles. The van der Waals surface area contributed by atoms with E-state index in [2.05, 4.69) is 137 Å². The normalized spacial score (nSPS) is 17.5. The van der Waals surface area contributed by atoms with Crippen molar-refractivity contribution < 1.29 is 0 Å². The average Bonchev–Trinajstić information content (AvgIpc) is 3.52. The van der Waals surface area contributed by atoms with E-state index in [1.807, 2.05) is 12.3 Å². The van der Waals surface area contributed by atoms with Crippen molar-refractivity contribution in [2.24, 2.45) is 0 Å². The highest BCUT2D eigenvalue weighted by Gasteiger charge is 2.39. The molecule has 4 aromatic carbocycles. The molecule has 1 unspecified atom stereocenters. The lowest BCUT2D eigenvalue weighted by Gasteiger charge is -2.39. The van der Waals surface area contributed by atoms with Gasteiger partial charge in [-0.2, -0.15) is 0 Å². The monoisotopic (exact) mass is 487 g/mol. The fourth-order valence-corrected chi connectivity index (χ4v) is 6.50. The average molecular weight is 488 g/mol. The van der Waals surface area contributed by atoms with Crippen LogP contribution in [0.1, 0.15) is 12.0 Å². The number of rotatable bonds is 3. The molecule has 0 saturated carbocycles. The van der Waals surface area contributed by atoms with Crippen LogP contribution in [-0.2, 0) is 5.66 Å². The molecule has 3 heteroatoms. The summed E-state index contributed by atoms with van der Waals surface area (Å²) in [6.45, 7) is 0. The Balaban J connectivity index is 1.55. The van der Waals surface area contributed by atoms with Crippen molar-refractivity contribution in [1.29, 1.82) is 0 Å². The molecule has 0 aliphatic heterocycles. The molecular formula is C35H25N3. The van der Waals surface area contributed by atoms with E-state index in [1.165, 1.54) is 49.2 Å². The molecule has 1 atom stereocenters. The van der Waals surface area contributed by atoms with E-state index in [1.54, 1.807) is 0 Å². The third-order valence-corrected chi connectivity index (χ3v) is 8.04. The van der Waals surface area contributed by atoms with Gasteiger partial charge in [0.15, 0.2) is 0 Å². The lowest BCUT2D eigenvalue weighted by Crippen LogP contribution is -2.40. The van der Waals surface area contributed by atoms with Gasteiger partial charge in [-0.3, -0.25) is 4.57 Å². The Labute approximate surface area is 220 Å². The third-order valence-electron chi connectivity index (χ3n) is 8.04. The summed E-state index contributed by atoms with van der Waals surface area (Å²) in [5.41, 5.74) is 6.60. The number of fused-ring (bicyclic) bond motifs is 6. The second kappa shape index (κ2) is 8.06. The molecule has 3 heterocycles. The van der Waals surface area contributed by atoms with Gasteiger partial charge in [0, 0.05) is 34.2 Å². The van der Waals surface area contributed by atoms with Crippen LogP contribution in [0.4, 0.5) is 0 Å². The predicted molar refractivity (Wildman–Crippen MR) is 158 cm³/mol. The Hall–Kier alpha value is -4.89. The lowest BCUT2D eigenvalue weighted by atomic mass is 9.88. The summed E-state index contributed by atoms with van der Waals surface area (Å²) in [5, 5.41) is 4.92. The van der Waals surface area contributed by atoms with E-state index >= 15 is 0 Å². The minimum absolute atomic E-state index is 0.557. The molecule has 38 heavy (non-hydrogen) atoms. The van der Waals surface area contributed by atoms with Crippen molar-refractivity contribution in [3.05, 3.63) is 145 Å². The molecule has 0 fully saturated rings. The zero-order valence-electron chi connectivity index (χ0n) is 20.8. The van der Waals surface area contributed by atoms with Gasteiger partial charge in [-0.15, -0.1) is 0 Å². The molecule has 8 rings (SSSR count). The number of pyridine rings is 1. The summed E-state index contributed by atoms with van der Waals surface area (Å²) in [6, 6.07) is 41.3. The number of allylic oxidation sites excluding steroid dienone is 4. The summed E-state index contributed by atoms with van der Waals surface area (Å²) in [7, 11) is 0. The predicted octanol–water partition coefficient (Wildman–Crippen LogP) is 8.54. The van der Waals surface area contributed by atoms with Crippen LogP contribution in [0.25, 0.3) is 49.3 Å². The van der Waals surface area contributed by atoms with Crippen molar-refractivity contribution in [2.75, 3.05) is 0 Å². The van der Waals surface area contributed by atoms with E-state index < -0.39 is 5.66 Å². The number of aromatic nitrogens is 3. The fourth-order valence-electron chi connectivity index (χ4n) is 6.50. The Kier molecular flexibility index (Phi) is 4.50. The Morgan fingerprint density at radius 1 is 0.553 bits per heavy atom. The van der Waals surface area contributed by atoms with Crippen molar-refractivity contribution in [3.8, 4) is 0 Å². The molecule has 0 bridgehead atoms. The second-order valence-corrected chi connectivity index (χ2v) is 10.1. The van der Waals surface area contributed by atoms with Gasteiger partial charge in [0.25, 0.3) is 0 Å². The van der Waals surface area contributed by atoms with Crippen LogP contribution >= 0.6 is 0 Å². The fraction of sp³-hybridized carbons (Fsp3) is 0.0571. The Bertz CT molecular complexity index is 1830. The van der Waals surface area contributed by atoms with Crippen LogP contribution < -0.4 is 0 Å². The number of hydrogen-bond donors (Lipinski definition) is 0. The molecular weight excluding hydrogens is 462 g/mol. The van der Waals surface area contributed by atoms with Crippen molar-refractivity contribution in [2.45, 2.75) is 12.1 Å². The van der Waals surface area contributed by atoms with Crippen LogP contribution in [0.5, 0.6) is 0 Å². The zero-order valence-corrected chi connectivity index (χ0v) is 20.8. The molecule has 1 aliphatic rings. The Morgan fingerprint density at radius 3 is 1.79 bits per heavy atom. The van der Waals surface area contributed by atoms with Gasteiger partial charge in [0.1, 0.15) is 11.3 Å². The summed E-state index contributed by atoms with van der Waals surface area (Å²) >= 11 is 0. The first-order valence-electron chi connectivity index (χ1n) is 13.1. The van der Waals surface area contributed by atoms with E-state index in [9.17, 15) is 0 Å². The molecule has 7 aromatic rings. The van der Waals surface area contributed by atoms with Crippen LogP contribution in [0, 0.1) is 0 Å². The number of nitrogens with zero attached hydrogens (tertiary/aromatic N) is 3. The molecule has 0 N–H and O–H groups in total. The van der Waals surface area contributed by atoms with Gasteiger partial charge in [0.05, 0.1) is 16.6 Å². The smallest absolute Gasteiger partial charge is 0.147 e. The summed E-state index contributed by atoms with van der Waals surface area (Å²) < 4.78 is 5.02. The van der Waals surface area contributed by atoms with Crippen LogP contribution in [0.2, 0.25) is 0 Å². The van der Waals surface area contributed by atoms with E-state index in [0.29, 0.717) is 0 Å². The van der Waals surface area contributed by atoms with E-state index in [4.69, 9.17) is 4.98 Å². The van der Waals surface area contributed by atoms with Gasteiger partial charge in [-0.25, -0.2) is 4.98 Å². The van der Waals surface area contributed by atoms with Crippen LogP contribution in [0.15, 0.2) is 140 Å². The topological polar surface area (TPSA) is 22.8 Å². The minimum Gasteiger partial charge on any atom is -0.312 e. The summed E-state index contributed by atoms with van der Waals surface area (Å²) in [5.74, 6) is 0. The van der Waals surface area contributed by atoms with E-state index in [-0.39, 0.29) is 0 Å². The maximum absolute atomic E-state index is 5.00. The van der Waals surface area contributed by atoms with Crippen molar-refractivity contribution >= 4 is 49.3 Å². The molecule has 180 valence electrons. The summed E-state index contributed by atoms with van der Waals surface area (Å²) in [4.78, 5) is 5.00. The largest absolute Gasteiger partial charge is 0.312 e. The molecule has 3 aromatic heterocycles. The first-order valence-corrected chi connectivity index (χ1v) is 13.1. The highest BCUT2D eigenvalue weighted by molar-refractivity contribution is 6.10. The molecule has 0 saturated heterocycles. The van der Waals surface area contributed by atoms with Gasteiger partial charge in [-0.05, 0) is 47.5 Å². The quantitative estimate of drug-likeness (QED) is 0.245. The maximum atomic E-state index is 5.00. The maximum Gasteiger partial charge on any atom is 0.147 e. The number of benzene rings is 4. The lowest BCUT2D eigenvalue weighted by molar-refractivity contribution is 0.349. The number of para-hydroxylation sites is 3. The SMILES string of the molecule is C1=CC(n2c3ccccc3c3ccccc32)(n2c3ccccc3c3cccnc32)CC(c2ccccc2)=C1. The van der Waals surface area contributed by atoms with Crippen molar-refractivity contribution in [3.63, 3.8) is 0 Å². The molecule has 0 radical (unpaired) electrons. The first-order chi connectivity index (χ1) is 18.9. The van der Waals surface area contributed by atoms with Gasteiger partial charge in [0.2, 0.25) is 0 Å². The van der Waals surface area contributed by atoms with E-state index in [0.717, 1.165) is 12.1 Å². The summed E-state index contributed by atoms with van der Waals surface area (Å²) in [6.07, 6.45) is 9.58. The third kappa shape index (κ3) is 2.87. The first kappa shape index (κ1) is 21.2. The molecule has 3 nitrogen and oxygen atoms in total. The van der Waals surface area contributed by atoms with Gasteiger partial charge in [-0.1, -0.05) is 97.1 Å². The molecule has 0 spiro atoms. The standard InChI is InChI=1S/C35H25N3/c1-2-12-25(13-3-1)26-14-10-22-35(24-26,37-31-19-7-4-15-27(31)28-16-5-8-20-32(28)37)38-33-21-9-6-17-29(33)30-18-11-23-36-34(30)38/h1-23H,24H2. The van der Waals surface area contributed by atoms with Gasteiger partial charge < -0.3 is 4.57 Å². The Morgan fingerprint density at radius 2 is 1.11 bits per heavy atom. The highest BCUT2D eigenvalue weighted by atomic mass is 15.3. The second-order valence-electron chi connectivity index (χ2n) is 10.1. The highest BCUT2D eigenvalue weighted by Crippen LogP contribution is 2.46. The minimum atomic E-state index is -0.557. The van der Waals surface area contributed by atoms with Crippen LogP contribution in [-0.4, -0.2) is 14.1 Å². The van der Waals surface area contributed by atoms with Crippen molar-refractivity contribution in [1.82, 2.24) is 14.1 Å². The zero-order chi connectivity index (χ0) is 25.1.